The highest BCUT2D eigenvalue weighted by Crippen LogP contribution is 2.15. The van der Waals surface area contributed by atoms with E-state index in [-0.39, 0.29) is 0 Å². The Morgan fingerprint density at radius 3 is 2.71 bits per heavy atom. The van der Waals surface area contributed by atoms with Gasteiger partial charge in [-0.05, 0) is 19.0 Å². The second-order valence-electron chi connectivity index (χ2n) is 4.18. The Labute approximate surface area is 107 Å². The third kappa shape index (κ3) is 3.65. The SMILES string of the molecule is CCNCc1csc(Cc2ccc(C)cc2)n1. The molecule has 2 nitrogen and oxygen atoms in total. The van der Waals surface area contributed by atoms with Gasteiger partial charge in [-0.1, -0.05) is 36.8 Å². The highest BCUT2D eigenvalue weighted by Gasteiger charge is 2.02. The number of hydrogen-bond donors (Lipinski definition) is 1. The van der Waals surface area contributed by atoms with Crippen LogP contribution in [0.15, 0.2) is 29.6 Å². The Kier molecular flexibility index (Phi) is 4.29. The van der Waals surface area contributed by atoms with Gasteiger partial charge in [-0.15, -0.1) is 11.3 Å². The molecule has 0 aliphatic heterocycles. The molecular weight excluding hydrogens is 228 g/mol. The van der Waals surface area contributed by atoms with Crippen LogP contribution in [-0.2, 0) is 13.0 Å². The summed E-state index contributed by atoms with van der Waals surface area (Å²) in [6.45, 7) is 6.09. The Balaban J connectivity index is 1.98. The molecule has 1 aromatic carbocycles. The van der Waals surface area contributed by atoms with Gasteiger partial charge in [0.1, 0.15) is 0 Å². The molecule has 0 aliphatic rings. The van der Waals surface area contributed by atoms with Crippen LogP contribution in [0.25, 0.3) is 0 Å². The lowest BCUT2D eigenvalue weighted by atomic mass is 10.1. The standard InChI is InChI=1S/C14H18N2S/c1-3-15-9-13-10-17-14(16-13)8-12-6-4-11(2)5-7-12/h4-7,10,15H,3,8-9H2,1-2H3. The summed E-state index contributed by atoms with van der Waals surface area (Å²) in [5.74, 6) is 0. The van der Waals surface area contributed by atoms with E-state index in [1.54, 1.807) is 11.3 Å². The summed E-state index contributed by atoms with van der Waals surface area (Å²) >= 11 is 1.75. The highest BCUT2D eigenvalue weighted by molar-refractivity contribution is 7.09. The Morgan fingerprint density at radius 2 is 2.00 bits per heavy atom. The average molecular weight is 246 g/mol. The Hall–Kier alpha value is -1.19. The van der Waals surface area contributed by atoms with Gasteiger partial charge in [-0.25, -0.2) is 4.98 Å². The quantitative estimate of drug-likeness (QED) is 0.876. The fraction of sp³-hybridized carbons (Fsp3) is 0.357. The van der Waals surface area contributed by atoms with E-state index in [2.05, 4.69) is 53.8 Å². The molecule has 0 unspecified atom stereocenters. The molecule has 0 saturated carbocycles. The van der Waals surface area contributed by atoms with Gasteiger partial charge < -0.3 is 5.32 Å². The van der Waals surface area contributed by atoms with Gasteiger partial charge in [-0.2, -0.15) is 0 Å². The minimum atomic E-state index is 0.876. The first-order valence-corrected chi connectivity index (χ1v) is 6.85. The summed E-state index contributed by atoms with van der Waals surface area (Å²) in [6, 6.07) is 8.67. The first-order valence-electron chi connectivity index (χ1n) is 5.97. The van der Waals surface area contributed by atoms with Gasteiger partial charge in [0.15, 0.2) is 0 Å². The second-order valence-corrected chi connectivity index (χ2v) is 5.12. The van der Waals surface area contributed by atoms with Gasteiger partial charge in [-0.3, -0.25) is 0 Å². The van der Waals surface area contributed by atoms with E-state index in [1.807, 2.05) is 0 Å². The van der Waals surface area contributed by atoms with Crippen LogP contribution < -0.4 is 5.32 Å². The van der Waals surface area contributed by atoms with Crippen LogP contribution in [0.5, 0.6) is 0 Å². The van der Waals surface area contributed by atoms with Crippen molar-refractivity contribution >= 4 is 11.3 Å². The minimum absolute atomic E-state index is 0.876. The fourth-order valence-electron chi connectivity index (χ4n) is 1.64. The summed E-state index contributed by atoms with van der Waals surface area (Å²) in [4.78, 5) is 4.62. The van der Waals surface area contributed by atoms with Crippen molar-refractivity contribution in [2.75, 3.05) is 6.54 Å². The van der Waals surface area contributed by atoms with Crippen molar-refractivity contribution in [1.82, 2.24) is 10.3 Å². The minimum Gasteiger partial charge on any atom is -0.311 e. The Morgan fingerprint density at radius 1 is 1.24 bits per heavy atom. The van der Waals surface area contributed by atoms with Gasteiger partial charge in [0.25, 0.3) is 0 Å². The number of benzene rings is 1. The predicted octanol–water partition coefficient (Wildman–Crippen LogP) is 3.15. The van der Waals surface area contributed by atoms with Crippen LogP contribution in [0.3, 0.4) is 0 Å². The van der Waals surface area contributed by atoms with E-state index in [1.165, 1.54) is 16.1 Å². The van der Waals surface area contributed by atoms with E-state index in [0.29, 0.717) is 0 Å². The molecule has 2 rings (SSSR count). The number of aromatic nitrogens is 1. The number of aryl methyl sites for hydroxylation is 1. The molecule has 3 heteroatoms. The smallest absolute Gasteiger partial charge is 0.0972 e. The van der Waals surface area contributed by atoms with Crippen molar-refractivity contribution < 1.29 is 0 Å². The monoisotopic (exact) mass is 246 g/mol. The zero-order chi connectivity index (χ0) is 12.1. The highest BCUT2D eigenvalue weighted by atomic mass is 32.1. The van der Waals surface area contributed by atoms with Crippen LogP contribution in [0.4, 0.5) is 0 Å². The second kappa shape index (κ2) is 5.94. The van der Waals surface area contributed by atoms with Crippen LogP contribution in [0.1, 0.15) is 28.8 Å². The van der Waals surface area contributed by atoms with Crippen molar-refractivity contribution in [3.8, 4) is 0 Å². The van der Waals surface area contributed by atoms with Crippen molar-refractivity contribution in [2.24, 2.45) is 0 Å². The van der Waals surface area contributed by atoms with Gasteiger partial charge in [0.05, 0.1) is 10.7 Å². The van der Waals surface area contributed by atoms with Crippen LogP contribution in [0.2, 0.25) is 0 Å². The van der Waals surface area contributed by atoms with Crippen LogP contribution in [0, 0.1) is 6.92 Å². The van der Waals surface area contributed by atoms with Crippen molar-refractivity contribution in [3.63, 3.8) is 0 Å². The molecule has 0 saturated heterocycles. The Bertz CT molecular complexity index is 459. The maximum Gasteiger partial charge on any atom is 0.0972 e. The lowest BCUT2D eigenvalue weighted by Gasteiger charge is -1.99. The first kappa shape index (κ1) is 12.3. The maximum atomic E-state index is 4.62. The normalized spacial score (nSPS) is 10.7. The summed E-state index contributed by atoms with van der Waals surface area (Å²) < 4.78 is 0. The molecule has 90 valence electrons. The summed E-state index contributed by atoms with van der Waals surface area (Å²) in [6.07, 6.45) is 0.942. The molecule has 0 atom stereocenters. The van der Waals surface area contributed by atoms with Gasteiger partial charge in [0, 0.05) is 18.3 Å². The maximum absolute atomic E-state index is 4.62. The summed E-state index contributed by atoms with van der Waals surface area (Å²) in [5, 5.41) is 6.63. The zero-order valence-corrected chi connectivity index (χ0v) is 11.2. The number of thiazole rings is 1. The fourth-order valence-corrected chi connectivity index (χ4v) is 2.47. The van der Waals surface area contributed by atoms with Gasteiger partial charge >= 0.3 is 0 Å². The number of hydrogen-bond acceptors (Lipinski definition) is 3. The molecule has 0 amide bonds. The van der Waals surface area contributed by atoms with Crippen LogP contribution in [-0.4, -0.2) is 11.5 Å². The van der Waals surface area contributed by atoms with E-state index in [0.717, 1.165) is 25.2 Å². The molecule has 2 aromatic rings. The van der Waals surface area contributed by atoms with E-state index >= 15 is 0 Å². The first-order chi connectivity index (χ1) is 8.28. The average Bonchev–Trinajstić information content (AvgIpc) is 2.77. The van der Waals surface area contributed by atoms with Crippen molar-refractivity contribution in [3.05, 3.63) is 51.5 Å². The van der Waals surface area contributed by atoms with E-state index in [4.69, 9.17) is 0 Å². The number of rotatable bonds is 5. The molecule has 0 radical (unpaired) electrons. The summed E-state index contributed by atoms with van der Waals surface area (Å²) in [7, 11) is 0. The molecule has 17 heavy (non-hydrogen) atoms. The lowest BCUT2D eigenvalue weighted by molar-refractivity contribution is 0.712. The lowest BCUT2D eigenvalue weighted by Crippen LogP contribution is -2.11. The predicted molar refractivity (Wildman–Crippen MR) is 73.5 cm³/mol. The van der Waals surface area contributed by atoms with E-state index in [9.17, 15) is 0 Å². The number of nitrogens with one attached hydrogen (secondary N) is 1. The molecule has 0 bridgehead atoms. The molecule has 1 aromatic heterocycles. The van der Waals surface area contributed by atoms with Crippen molar-refractivity contribution in [1.29, 1.82) is 0 Å². The van der Waals surface area contributed by atoms with Crippen LogP contribution >= 0.6 is 11.3 Å². The molecule has 0 aliphatic carbocycles. The molecular formula is C14H18N2S. The molecule has 0 fully saturated rings. The molecule has 0 spiro atoms. The third-order valence-corrected chi connectivity index (χ3v) is 3.53. The third-order valence-electron chi connectivity index (χ3n) is 2.63. The largest absolute Gasteiger partial charge is 0.311 e. The number of nitrogens with zero attached hydrogens (tertiary/aromatic N) is 1. The zero-order valence-electron chi connectivity index (χ0n) is 10.4. The molecule has 1 heterocycles. The van der Waals surface area contributed by atoms with E-state index < -0.39 is 0 Å². The van der Waals surface area contributed by atoms with Gasteiger partial charge in [0.2, 0.25) is 0 Å². The topological polar surface area (TPSA) is 24.9 Å². The molecule has 1 N–H and O–H groups in total. The van der Waals surface area contributed by atoms with Crippen molar-refractivity contribution in [2.45, 2.75) is 26.8 Å². The summed E-state index contributed by atoms with van der Waals surface area (Å²) in [5.41, 5.74) is 3.79.